The zero-order valence-corrected chi connectivity index (χ0v) is 9.94. The molecule has 0 fully saturated rings. The van der Waals surface area contributed by atoms with Crippen molar-refractivity contribution >= 4 is 11.5 Å². The predicted molar refractivity (Wildman–Crippen MR) is 69.9 cm³/mol. The van der Waals surface area contributed by atoms with Crippen LogP contribution < -0.4 is 5.32 Å². The minimum absolute atomic E-state index is 0.241. The summed E-state index contributed by atoms with van der Waals surface area (Å²) in [5.74, 6) is -0.948. The first kappa shape index (κ1) is 13.0. The zero-order chi connectivity index (χ0) is 13.7. The number of carbonyl (C=O) groups is 1. The first-order valence-electron chi connectivity index (χ1n) is 5.64. The molecular formula is C15H11F2NO. The second-order valence-electron chi connectivity index (χ2n) is 3.86. The summed E-state index contributed by atoms with van der Waals surface area (Å²) in [5.41, 5.74) is 1.07. The maximum absolute atomic E-state index is 12.7. The molecule has 1 N–H and O–H groups in total. The van der Waals surface area contributed by atoms with E-state index in [2.05, 4.69) is 5.32 Å². The van der Waals surface area contributed by atoms with Crippen LogP contribution in [0.25, 0.3) is 0 Å². The molecule has 0 aliphatic rings. The third kappa shape index (κ3) is 3.74. The Bertz CT molecular complexity index is 589. The van der Waals surface area contributed by atoms with Crippen LogP contribution in [-0.4, -0.2) is 5.78 Å². The molecule has 0 bridgehead atoms. The van der Waals surface area contributed by atoms with Gasteiger partial charge in [-0.05, 0) is 48.5 Å². The van der Waals surface area contributed by atoms with Gasteiger partial charge in [-0.25, -0.2) is 8.78 Å². The molecular weight excluding hydrogens is 248 g/mol. The highest BCUT2D eigenvalue weighted by atomic mass is 19.1. The van der Waals surface area contributed by atoms with Crippen LogP contribution in [0.15, 0.2) is 60.8 Å². The van der Waals surface area contributed by atoms with Gasteiger partial charge in [-0.1, -0.05) is 0 Å². The van der Waals surface area contributed by atoms with Gasteiger partial charge in [0.1, 0.15) is 11.6 Å². The van der Waals surface area contributed by atoms with E-state index in [0.29, 0.717) is 11.3 Å². The number of hydrogen-bond donors (Lipinski definition) is 1. The van der Waals surface area contributed by atoms with Crippen LogP contribution in [0, 0.1) is 11.6 Å². The Morgan fingerprint density at radius 2 is 1.42 bits per heavy atom. The lowest BCUT2D eigenvalue weighted by Crippen LogP contribution is -1.96. The summed E-state index contributed by atoms with van der Waals surface area (Å²) in [6.07, 6.45) is 2.79. The van der Waals surface area contributed by atoms with Gasteiger partial charge in [0.2, 0.25) is 0 Å². The zero-order valence-electron chi connectivity index (χ0n) is 9.94. The van der Waals surface area contributed by atoms with E-state index in [1.807, 2.05) is 0 Å². The minimum Gasteiger partial charge on any atom is -0.362 e. The fraction of sp³-hybridized carbons (Fsp3) is 0. The number of allylic oxidation sites excluding steroid dienone is 1. The Labute approximate surface area is 109 Å². The van der Waals surface area contributed by atoms with Crippen LogP contribution in [0.1, 0.15) is 10.4 Å². The summed E-state index contributed by atoms with van der Waals surface area (Å²) >= 11 is 0. The fourth-order valence-corrected chi connectivity index (χ4v) is 1.47. The molecule has 2 rings (SSSR count). The summed E-state index contributed by atoms with van der Waals surface area (Å²) in [6, 6.07) is 11.0. The van der Waals surface area contributed by atoms with Crippen LogP contribution in [0.3, 0.4) is 0 Å². The van der Waals surface area contributed by atoms with Gasteiger partial charge in [0.25, 0.3) is 0 Å². The SMILES string of the molecule is O=C(C=CNc1ccc(F)cc1)c1ccc(F)cc1. The van der Waals surface area contributed by atoms with Crippen LogP contribution >= 0.6 is 0 Å². The first-order valence-corrected chi connectivity index (χ1v) is 5.64. The van der Waals surface area contributed by atoms with Gasteiger partial charge in [-0.2, -0.15) is 0 Å². The van der Waals surface area contributed by atoms with Gasteiger partial charge >= 0.3 is 0 Å². The fourth-order valence-electron chi connectivity index (χ4n) is 1.47. The van der Waals surface area contributed by atoms with Crippen LogP contribution in [0.5, 0.6) is 0 Å². The monoisotopic (exact) mass is 259 g/mol. The lowest BCUT2D eigenvalue weighted by molar-refractivity contribution is 0.104. The van der Waals surface area contributed by atoms with E-state index in [9.17, 15) is 13.6 Å². The number of halogens is 2. The molecule has 2 aromatic carbocycles. The van der Waals surface area contributed by atoms with Crippen molar-refractivity contribution in [2.24, 2.45) is 0 Å². The quantitative estimate of drug-likeness (QED) is 0.669. The van der Waals surface area contributed by atoms with Crippen molar-refractivity contribution < 1.29 is 13.6 Å². The molecule has 96 valence electrons. The summed E-state index contributed by atoms with van der Waals surface area (Å²) < 4.78 is 25.3. The summed E-state index contributed by atoms with van der Waals surface area (Å²) in [4.78, 5) is 11.7. The smallest absolute Gasteiger partial charge is 0.187 e. The topological polar surface area (TPSA) is 29.1 Å². The average molecular weight is 259 g/mol. The van der Waals surface area contributed by atoms with E-state index in [1.54, 1.807) is 12.1 Å². The number of anilines is 1. The third-order valence-electron chi connectivity index (χ3n) is 2.46. The normalized spacial score (nSPS) is 10.6. The summed E-state index contributed by atoms with van der Waals surface area (Å²) in [7, 11) is 0. The highest BCUT2D eigenvalue weighted by Gasteiger charge is 2.00. The summed E-state index contributed by atoms with van der Waals surface area (Å²) in [5, 5.41) is 2.84. The van der Waals surface area contributed by atoms with Gasteiger partial charge in [-0.3, -0.25) is 4.79 Å². The Kier molecular flexibility index (Phi) is 4.03. The van der Waals surface area contributed by atoms with Crippen LogP contribution in [0.2, 0.25) is 0 Å². The van der Waals surface area contributed by atoms with Crippen molar-refractivity contribution in [3.05, 3.63) is 78.0 Å². The van der Waals surface area contributed by atoms with Crippen molar-refractivity contribution in [2.75, 3.05) is 5.32 Å². The molecule has 2 aromatic rings. The number of ketones is 1. The van der Waals surface area contributed by atoms with Crippen molar-refractivity contribution in [2.45, 2.75) is 0 Å². The second-order valence-corrected chi connectivity index (χ2v) is 3.86. The lowest BCUT2D eigenvalue weighted by atomic mass is 10.1. The van der Waals surface area contributed by atoms with Gasteiger partial charge in [-0.15, -0.1) is 0 Å². The molecule has 0 saturated carbocycles. The molecule has 0 aliphatic carbocycles. The van der Waals surface area contributed by atoms with Crippen molar-refractivity contribution in [3.8, 4) is 0 Å². The van der Waals surface area contributed by atoms with Crippen LogP contribution in [0.4, 0.5) is 14.5 Å². The van der Waals surface area contributed by atoms with Crippen molar-refractivity contribution in [1.82, 2.24) is 0 Å². The van der Waals surface area contributed by atoms with Crippen molar-refractivity contribution in [3.63, 3.8) is 0 Å². The second kappa shape index (κ2) is 5.91. The minimum atomic E-state index is -0.384. The Balaban J connectivity index is 1.97. The molecule has 0 radical (unpaired) electrons. The molecule has 0 heterocycles. The standard InChI is InChI=1S/C15H11F2NO/c16-12-3-1-11(2-4-12)15(19)9-10-18-14-7-5-13(17)6-8-14/h1-10,18H. The third-order valence-corrected chi connectivity index (χ3v) is 2.46. The largest absolute Gasteiger partial charge is 0.362 e. The predicted octanol–water partition coefficient (Wildman–Crippen LogP) is 3.77. The molecule has 2 nitrogen and oxygen atoms in total. The molecule has 19 heavy (non-hydrogen) atoms. The van der Waals surface area contributed by atoms with Gasteiger partial charge in [0, 0.05) is 23.5 Å². The molecule has 0 saturated heterocycles. The molecule has 0 aliphatic heterocycles. The molecule has 0 aromatic heterocycles. The molecule has 4 heteroatoms. The van der Waals surface area contributed by atoms with E-state index >= 15 is 0 Å². The first-order chi connectivity index (χ1) is 9.15. The van der Waals surface area contributed by atoms with Crippen LogP contribution in [-0.2, 0) is 0 Å². The number of rotatable bonds is 4. The average Bonchev–Trinajstić information content (AvgIpc) is 2.41. The molecule has 0 unspecified atom stereocenters. The Morgan fingerprint density at radius 3 is 2.00 bits per heavy atom. The Hall–Kier alpha value is -2.49. The number of hydrogen-bond acceptors (Lipinski definition) is 2. The highest BCUT2D eigenvalue weighted by Crippen LogP contribution is 2.08. The maximum Gasteiger partial charge on any atom is 0.187 e. The number of nitrogens with one attached hydrogen (secondary N) is 1. The van der Waals surface area contributed by atoms with Crippen molar-refractivity contribution in [1.29, 1.82) is 0 Å². The van der Waals surface area contributed by atoms with Gasteiger partial charge in [0.05, 0.1) is 0 Å². The van der Waals surface area contributed by atoms with E-state index < -0.39 is 0 Å². The number of carbonyl (C=O) groups excluding carboxylic acids is 1. The molecule has 0 spiro atoms. The van der Waals surface area contributed by atoms with E-state index in [-0.39, 0.29) is 17.4 Å². The van der Waals surface area contributed by atoms with Gasteiger partial charge in [0.15, 0.2) is 5.78 Å². The van der Waals surface area contributed by atoms with Gasteiger partial charge < -0.3 is 5.32 Å². The number of benzene rings is 2. The maximum atomic E-state index is 12.7. The highest BCUT2D eigenvalue weighted by molar-refractivity contribution is 6.04. The molecule has 0 amide bonds. The lowest BCUT2D eigenvalue weighted by Gasteiger charge is -2.00. The molecule has 0 atom stereocenters. The van der Waals surface area contributed by atoms with E-state index in [4.69, 9.17) is 0 Å². The van der Waals surface area contributed by atoms with E-state index in [0.717, 1.165) is 0 Å². The Morgan fingerprint density at radius 1 is 0.895 bits per heavy atom. The van der Waals surface area contributed by atoms with E-state index in [1.165, 1.54) is 48.7 Å². The summed E-state index contributed by atoms with van der Waals surface area (Å²) in [6.45, 7) is 0.